The van der Waals surface area contributed by atoms with E-state index in [1.165, 1.54) is 16.2 Å². The lowest BCUT2D eigenvalue weighted by molar-refractivity contribution is -0.144. The number of carbonyl (C=O) groups is 2. The molecule has 4 nitrogen and oxygen atoms in total. The number of hydrogen-bond acceptors (Lipinski definition) is 4. The van der Waals surface area contributed by atoms with E-state index in [1.807, 2.05) is 26.8 Å². The molecule has 106 valence electrons. The van der Waals surface area contributed by atoms with Crippen molar-refractivity contribution >= 4 is 39.1 Å². The molecule has 19 heavy (non-hydrogen) atoms. The average Bonchev–Trinajstić information content (AvgIpc) is 2.66. The summed E-state index contributed by atoms with van der Waals surface area (Å²) in [5.74, 6) is -0.515. The summed E-state index contributed by atoms with van der Waals surface area (Å²) >= 11 is 4.78. The number of amides is 1. The predicted octanol–water partition coefficient (Wildman–Crippen LogP) is 3.23. The van der Waals surface area contributed by atoms with Crippen LogP contribution in [0.3, 0.4) is 0 Å². The number of halogens is 1. The fourth-order valence-electron chi connectivity index (χ4n) is 1.54. The van der Waals surface area contributed by atoms with E-state index >= 15 is 0 Å². The minimum Gasteiger partial charge on any atom is -0.465 e. The maximum Gasteiger partial charge on any atom is 0.325 e. The molecule has 0 atom stereocenters. The van der Waals surface area contributed by atoms with E-state index in [0.717, 1.165) is 9.35 Å². The fraction of sp³-hybridized carbons (Fsp3) is 0.538. The third-order valence-corrected chi connectivity index (χ3v) is 4.68. The Bertz CT molecular complexity index is 451. The average molecular weight is 348 g/mol. The van der Waals surface area contributed by atoms with Crippen LogP contribution >= 0.6 is 27.3 Å². The van der Waals surface area contributed by atoms with Gasteiger partial charge in [-0.1, -0.05) is 0 Å². The van der Waals surface area contributed by atoms with Crippen LogP contribution in [0, 0.1) is 6.92 Å². The van der Waals surface area contributed by atoms with E-state index in [2.05, 4.69) is 15.9 Å². The summed E-state index contributed by atoms with van der Waals surface area (Å²) < 4.78 is 5.84. The summed E-state index contributed by atoms with van der Waals surface area (Å²) in [5.41, 5.74) is 1.02. The molecule has 0 bridgehead atoms. The number of aryl methyl sites for hydroxylation is 1. The zero-order valence-corrected chi connectivity index (χ0v) is 13.9. The van der Waals surface area contributed by atoms with Crippen LogP contribution in [0.1, 0.15) is 36.0 Å². The van der Waals surface area contributed by atoms with Crippen molar-refractivity contribution in [3.8, 4) is 0 Å². The minimum absolute atomic E-state index is 0.0150. The molecule has 1 aromatic heterocycles. The molecule has 0 N–H and O–H groups in total. The van der Waals surface area contributed by atoms with E-state index in [1.54, 1.807) is 6.92 Å². The van der Waals surface area contributed by atoms with Gasteiger partial charge in [0, 0.05) is 6.04 Å². The minimum atomic E-state index is -0.378. The van der Waals surface area contributed by atoms with E-state index < -0.39 is 0 Å². The SMILES string of the molecule is CCOC(=O)CN(C(=O)c1cc(C)c(Br)s1)C(C)C. The lowest BCUT2D eigenvalue weighted by Crippen LogP contribution is -2.41. The Hall–Kier alpha value is -0.880. The molecular formula is C13H18BrNO3S. The Morgan fingerprint density at radius 2 is 2.11 bits per heavy atom. The lowest BCUT2D eigenvalue weighted by Gasteiger charge is -2.25. The van der Waals surface area contributed by atoms with E-state index in [0.29, 0.717) is 11.5 Å². The van der Waals surface area contributed by atoms with Crippen molar-refractivity contribution in [1.29, 1.82) is 0 Å². The topological polar surface area (TPSA) is 46.6 Å². The predicted molar refractivity (Wildman–Crippen MR) is 79.6 cm³/mol. The standard InChI is InChI=1S/C13H18BrNO3S/c1-5-18-11(16)7-15(8(2)3)13(17)10-6-9(4)12(14)19-10/h6,8H,5,7H2,1-4H3. The number of hydrogen-bond donors (Lipinski definition) is 0. The Kier molecular flexibility index (Phi) is 6.00. The molecule has 1 rings (SSSR count). The van der Waals surface area contributed by atoms with Gasteiger partial charge in [-0.15, -0.1) is 11.3 Å². The molecule has 0 radical (unpaired) electrons. The van der Waals surface area contributed by atoms with Crippen molar-refractivity contribution in [2.45, 2.75) is 33.7 Å². The van der Waals surface area contributed by atoms with Crippen LogP contribution in [0.25, 0.3) is 0 Å². The number of ether oxygens (including phenoxy) is 1. The third-order valence-electron chi connectivity index (χ3n) is 2.56. The van der Waals surface area contributed by atoms with Gasteiger partial charge in [-0.25, -0.2) is 0 Å². The molecule has 0 saturated carbocycles. The van der Waals surface area contributed by atoms with Gasteiger partial charge in [0.2, 0.25) is 0 Å². The zero-order valence-electron chi connectivity index (χ0n) is 11.5. The van der Waals surface area contributed by atoms with Gasteiger partial charge in [-0.2, -0.15) is 0 Å². The molecule has 1 heterocycles. The summed E-state index contributed by atoms with van der Waals surface area (Å²) in [7, 11) is 0. The largest absolute Gasteiger partial charge is 0.465 e. The first-order valence-corrected chi connectivity index (χ1v) is 7.70. The van der Waals surface area contributed by atoms with Gasteiger partial charge < -0.3 is 9.64 Å². The van der Waals surface area contributed by atoms with Crippen LogP contribution in [0.5, 0.6) is 0 Å². The van der Waals surface area contributed by atoms with Gasteiger partial charge in [0.05, 0.1) is 15.3 Å². The zero-order chi connectivity index (χ0) is 14.6. The van der Waals surface area contributed by atoms with Gasteiger partial charge in [-0.3, -0.25) is 9.59 Å². The summed E-state index contributed by atoms with van der Waals surface area (Å²) in [4.78, 5) is 26.1. The second kappa shape index (κ2) is 7.05. The smallest absolute Gasteiger partial charge is 0.325 e. The van der Waals surface area contributed by atoms with E-state index in [4.69, 9.17) is 4.74 Å². The maximum absolute atomic E-state index is 12.4. The van der Waals surface area contributed by atoms with Crippen molar-refractivity contribution in [3.05, 3.63) is 20.3 Å². The molecule has 0 spiro atoms. The molecule has 0 saturated heterocycles. The molecule has 0 unspecified atom stereocenters. The highest BCUT2D eigenvalue weighted by Crippen LogP contribution is 2.28. The molecule has 0 aliphatic heterocycles. The van der Waals surface area contributed by atoms with Crippen molar-refractivity contribution in [1.82, 2.24) is 4.90 Å². The quantitative estimate of drug-likeness (QED) is 0.768. The summed E-state index contributed by atoms with van der Waals surface area (Å²) in [6.45, 7) is 7.75. The first-order chi connectivity index (χ1) is 8.86. The van der Waals surface area contributed by atoms with Crippen LogP contribution in [0.2, 0.25) is 0 Å². The molecule has 0 fully saturated rings. The van der Waals surface area contributed by atoms with Crippen molar-refractivity contribution in [2.75, 3.05) is 13.2 Å². The van der Waals surface area contributed by atoms with Crippen molar-refractivity contribution < 1.29 is 14.3 Å². The third kappa shape index (κ3) is 4.31. The first-order valence-electron chi connectivity index (χ1n) is 6.09. The molecule has 1 amide bonds. The molecule has 6 heteroatoms. The molecule has 1 aromatic rings. The normalized spacial score (nSPS) is 10.6. The van der Waals surface area contributed by atoms with Gasteiger partial charge in [0.25, 0.3) is 5.91 Å². The molecule has 0 aliphatic rings. The highest BCUT2D eigenvalue weighted by atomic mass is 79.9. The number of rotatable bonds is 5. The lowest BCUT2D eigenvalue weighted by atomic mass is 10.2. The second-order valence-electron chi connectivity index (χ2n) is 4.40. The summed E-state index contributed by atoms with van der Waals surface area (Å²) in [6.07, 6.45) is 0. The highest BCUT2D eigenvalue weighted by Gasteiger charge is 2.24. The monoisotopic (exact) mass is 347 g/mol. The van der Waals surface area contributed by atoms with Crippen LogP contribution in [-0.2, 0) is 9.53 Å². The Labute approximate surface area is 125 Å². The molecular weight excluding hydrogens is 330 g/mol. The maximum atomic E-state index is 12.4. The van der Waals surface area contributed by atoms with E-state index in [-0.39, 0.29) is 24.5 Å². The number of thiophene rings is 1. The number of carbonyl (C=O) groups excluding carboxylic acids is 2. The van der Waals surface area contributed by atoms with Crippen LogP contribution < -0.4 is 0 Å². The Balaban J connectivity index is 2.87. The Morgan fingerprint density at radius 3 is 2.53 bits per heavy atom. The van der Waals surface area contributed by atoms with Gasteiger partial charge >= 0.3 is 5.97 Å². The number of nitrogens with zero attached hydrogens (tertiary/aromatic N) is 1. The first kappa shape index (κ1) is 16.2. The van der Waals surface area contributed by atoms with Crippen LogP contribution in [0.4, 0.5) is 0 Å². The van der Waals surface area contributed by atoms with Crippen molar-refractivity contribution in [2.24, 2.45) is 0 Å². The summed E-state index contributed by atoms with van der Waals surface area (Å²) in [6, 6.07) is 1.77. The highest BCUT2D eigenvalue weighted by molar-refractivity contribution is 9.11. The second-order valence-corrected chi connectivity index (χ2v) is 6.77. The van der Waals surface area contributed by atoms with Crippen LogP contribution in [0.15, 0.2) is 9.85 Å². The van der Waals surface area contributed by atoms with E-state index in [9.17, 15) is 9.59 Å². The fourth-order valence-corrected chi connectivity index (χ4v) is 3.03. The van der Waals surface area contributed by atoms with Gasteiger partial charge in [0.1, 0.15) is 6.54 Å². The Morgan fingerprint density at radius 1 is 1.47 bits per heavy atom. The van der Waals surface area contributed by atoms with Crippen molar-refractivity contribution in [3.63, 3.8) is 0 Å². The number of esters is 1. The van der Waals surface area contributed by atoms with Gasteiger partial charge in [-0.05, 0) is 55.3 Å². The molecule has 0 aliphatic carbocycles. The van der Waals surface area contributed by atoms with Crippen LogP contribution in [-0.4, -0.2) is 36.0 Å². The molecule has 0 aromatic carbocycles. The van der Waals surface area contributed by atoms with Gasteiger partial charge in [0.15, 0.2) is 0 Å². The summed E-state index contributed by atoms with van der Waals surface area (Å²) in [5, 5.41) is 0.